The fourth-order valence-corrected chi connectivity index (χ4v) is 1.89. The normalized spacial score (nSPS) is 14.7. The van der Waals surface area contributed by atoms with E-state index in [4.69, 9.17) is 0 Å². The molecule has 1 aliphatic carbocycles. The van der Waals surface area contributed by atoms with E-state index >= 15 is 0 Å². The van der Waals surface area contributed by atoms with Gasteiger partial charge in [-0.15, -0.1) is 0 Å². The standard InChI is InChI=1S/C13H16N4O/c18-12(9-5-6-9)14-7-8-15-13-16-10-3-1-2-4-11(10)17-13/h1-4,9H,5-8H2,(H,14,18)(H2,15,16,17). The number of anilines is 1. The average Bonchev–Trinajstić information content (AvgIpc) is 3.14. The fraction of sp³-hybridized carbons (Fsp3) is 0.385. The second-order valence-corrected chi connectivity index (χ2v) is 4.59. The molecule has 0 unspecified atom stereocenters. The summed E-state index contributed by atoms with van der Waals surface area (Å²) in [6.45, 7) is 1.31. The van der Waals surface area contributed by atoms with Gasteiger partial charge in [-0.25, -0.2) is 4.98 Å². The van der Waals surface area contributed by atoms with Crippen molar-refractivity contribution in [2.45, 2.75) is 12.8 Å². The number of amides is 1. The molecule has 0 aliphatic heterocycles. The van der Waals surface area contributed by atoms with E-state index in [0.29, 0.717) is 13.1 Å². The van der Waals surface area contributed by atoms with Crippen molar-refractivity contribution in [3.05, 3.63) is 24.3 Å². The van der Waals surface area contributed by atoms with Crippen molar-refractivity contribution in [1.82, 2.24) is 15.3 Å². The minimum absolute atomic E-state index is 0.182. The third-order valence-corrected chi connectivity index (χ3v) is 3.05. The second kappa shape index (κ2) is 4.68. The van der Waals surface area contributed by atoms with Crippen LogP contribution in [-0.4, -0.2) is 29.0 Å². The number of aromatic amines is 1. The van der Waals surface area contributed by atoms with Crippen molar-refractivity contribution >= 4 is 22.9 Å². The topological polar surface area (TPSA) is 69.8 Å². The minimum atomic E-state index is 0.182. The van der Waals surface area contributed by atoms with Crippen LogP contribution in [0.4, 0.5) is 5.95 Å². The number of nitrogens with zero attached hydrogens (tertiary/aromatic N) is 1. The molecule has 0 saturated heterocycles. The van der Waals surface area contributed by atoms with Crippen LogP contribution in [-0.2, 0) is 4.79 Å². The van der Waals surface area contributed by atoms with Gasteiger partial charge in [0.15, 0.2) is 0 Å². The van der Waals surface area contributed by atoms with E-state index < -0.39 is 0 Å². The second-order valence-electron chi connectivity index (χ2n) is 4.59. The van der Waals surface area contributed by atoms with Crippen LogP contribution >= 0.6 is 0 Å². The van der Waals surface area contributed by atoms with E-state index in [9.17, 15) is 4.79 Å². The number of aromatic nitrogens is 2. The van der Waals surface area contributed by atoms with Crippen molar-refractivity contribution in [3.8, 4) is 0 Å². The Balaban J connectivity index is 1.48. The number of carbonyl (C=O) groups excluding carboxylic acids is 1. The maximum absolute atomic E-state index is 11.4. The summed E-state index contributed by atoms with van der Waals surface area (Å²) in [5, 5.41) is 6.07. The summed E-state index contributed by atoms with van der Waals surface area (Å²) in [5.74, 6) is 1.20. The first-order valence-electron chi connectivity index (χ1n) is 6.29. The number of carbonyl (C=O) groups is 1. The monoisotopic (exact) mass is 244 g/mol. The lowest BCUT2D eigenvalue weighted by Gasteiger charge is -2.04. The average molecular weight is 244 g/mol. The number of H-pyrrole nitrogens is 1. The Morgan fingerprint density at radius 2 is 2.17 bits per heavy atom. The van der Waals surface area contributed by atoms with Crippen molar-refractivity contribution in [2.24, 2.45) is 5.92 Å². The molecule has 18 heavy (non-hydrogen) atoms. The van der Waals surface area contributed by atoms with Gasteiger partial charge >= 0.3 is 0 Å². The Morgan fingerprint density at radius 3 is 2.94 bits per heavy atom. The molecule has 0 atom stereocenters. The van der Waals surface area contributed by atoms with Crippen LogP contribution in [0.1, 0.15) is 12.8 Å². The number of hydrogen-bond acceptors (Lipinski definition) is 3. The molecule has 1 amide bonds. The number of rotatable bonds is 5. The first kappa shape index (κ1) is 11.1. The zero-order chi connectivity index (χ0) is 12.4. The van der Waals surface area contributed by atoms with Crippen LogP contribution < -0.4 is 10.6 Å². The predicted molar refractivity (Wildman–Crippen MR) is 70.3 cm³/mol. The third kappa shape index (κ3) is 2.45. The highest BCUT2D eigenvalue weighted by Crippen LogP contribution is 2.28. The molecule has 3 rings (SSSR count). The zero-order valence-corrected chi connectivity index (χ0v) is 10.1. The maximum Gasteiger partial charge on any atom is 0.223 e. The van der Waals surface area contributed by atoms with E-state index in [1.807, 2.05) is 24.3 Å². The minimum Gasteiger partial charge on any atom is -0.354 e. The van der Waals surface area contributed by atoms with Crippen LogP contribution in [0.3, 0.4) is 0 Å². The van der Waals surface area contributed by atoms with E-state index in [0.717, 1.165) is 29.8 Å². The van der Waals surface area contributed by atoms with Crippen molar-refractivity contribution in [1.29, 1.82) is 0 Å². The molecule has 0 radical (unpaired) electrons. The molecule has 1 aromatic heterocycles. The lowest BCUT2D eigenvalue weighted by atomic mass is 10.3. The van der Waals surface area contributed by atoms with Gasteiger partial charge in [0.25, 0.3) is 0 Å². The molecule has 1 heterocycles. The number of imidazole rings is 1. The Kier molecular flexibility index (Phi) is 2.88. The lowest BCUT2D eigenvalue weighted by Crippen LogP contribution is -2.29. The van der Waals surface area contributed by atoms with Gasteiger partial charge in [-0.3, -0.25) is 4.79 Å². The highest BCUT2D eigenvalue weighted by molar-refractivity contribution is 5.80. The van der Waals surface area contributed by atoms with Crippen LogP contribution in [0.2, 0.25) is 0 Å². The largest absolute Gasteiger partial charge is 0.354 e. The summed E-state index contributed by atoms with van der Waals surface area (Å²) in [4.78, 5) is 19.0. The number of para-hydroxylation sites is 2. The summed E-state index contributed by atoms with van der Waals surface area (Å²) in [7, 11) is 0. The molecule has 2 aromatic rings. The Hall–Kier alpha value is -2.04. The Labute approximate surface area is 105 Å². The van der Waals surface area contributed by atoms with Gasteiger partial charge in [0.1, 0.15) is 0 Å². The van der Waals surface area contributed by atoms with Gasteiger partial charge in [0, 0.05) is 19.0 Å². The Bertz CT molecular complexity index is 526. The predicted octanol–water partition coefficient (Wildman–Crippen LogP) is 1.50. The fourth-order valence-electron chi connectivity index (χ4n) is 1.89. The van der Waals surface area contributed by atoms with Crippen molar-refractivity contribution in [3.63, 3.8) is 0 Å². The van der Waals surface area contributed by atoms with E-state index in [-0.39, 0.29) is 11.8 Å². The molecular weight excluding hydrogens is 228 g/mol. The molecule has 1 aromatic carbocycles. The number of benzene rings is 1. The first-order valence-corrected chi connectivity index (χ1v) is 6.29. The number of hydrogen-bond donors (Lipinski definition) is 3. The summed E-state index contributed by atoms with van der Waals surface area (Å²) < 4.78 is 0. The smallest absolute Gasteiger partial charge is 0.223 e. The van der Waals surface area contributed by atoms with Crippen LogP contribution in [0.5, 0.6) is 0 Å². The van der Waals surface area contributed by atoms with Gasteiger partial charge in [-0.05, 0) is 25.0 Å². The van der Waals surface area contributed by atoms with Gasteiger partial charge in [0.05, 0.1) is 11.0 Å². The molecule has 3 N–H and O–H groups in total. The first-order chi connectivity index (χ1) is 8.83. The molecule has 1 saturated carbocycles. The maximum atomic E-state index is 11.4. The Morgan fingerprint density at radius 1 is 1.33 bits per heavy atom. The van der Waals surface area contributed by atoms with Crippen LogP contribution in [0.15, 0.2) is 24.3 Å². The molecule has 1 fully saturated rings. The van der Waals surface area contributed by atoms with E-state index in [1.54, 1.807) is 0 Å². The highest BCUT2D eigenvalue weighted by Gasteiger charge is 2.28. The SMILES string of the molecule is O=C(NCCNc1nc2ccccc2[nH]1)C1CC1. The molecule has 0 spiro atoms. The molecular formula is C13H16N4O. The number of fused-ring (bicyclic) bond motifs is 1. The lowest BCUT2D eigenvalue weighted by molar-refractivity contribution is -0.122. The zero-order valence-electron chi connectivity index (χ0n) is 10.1. The summed E-state index contributed by atoms with van der Waals surface area (Å²) in [6.07, 6.45) is 2.09. The van der Waals surface area contributed by atoms with E-state index in [2.05, 4.69) is 20.6 Å². The highest BCUT2D eigenvalue weighted by atomic mass is 16.2. The summed E-state index contributed by atoms with van der Waals surface area (Å²) in [6, 6.07) is 7.89. The third-order valence-electron chi connectivity index (χ3n) is 3.05. The van der Waals surface area contributed by atoms with Crippen LogP contribution in [0, 0.1) is 5.92 Å². The van der Waals surface area contributed by atoms with Gasteiger partial charge < -0.3 is 15.6 Å². The molecule has 0 bridgehead atoms. The molecule has 5 nitrogen and oxygen atoms in total. The van der Waals surface area contributed by atoms with Gasteiger partial charge in [-0.2, -0.15) is 0 Å². The molecule has 94 valence electrons. The van der Waals surface area contributed by atoms with E-state index in [1.165, 1.54) is 0 Å². The summed E-state index contributed by atoms with van der Waals surface area (Å²) in [5.41, 5.74) is 1.96. The van der Waals surface area contributed by atoms with Crippen molar-refractivity contribution in [2.75, 3.05) is 18.4 Å². The molecule has 5 heteroatoms. The quantitative estimate of drug-likeness (QED) is 0.698. The van der Waals surface area contributed by atoms with Gasteiger partial charge in [0.2, 0.25) is 11.9 Å². The van der Waals surface area contributed by atoms with Crippen LogP contribution in [0.25, 0.3) is 11.0 Å². The molecule has 1 aliphatic rings. The number of nitrogens with one attached hydrogen (secondary N) is 3. The summed E-state index contributed by atoms with van der Waals surface area (Å²) >= 11 is 0. The van der Waals surface area contributed by atoms with Gasteiger partial charge in [-0.1, -0.05) is 12.1 Å². The van der Waals surface area contributed by atoms with Crippen molar-refractivity contribution < 1.29 is 4.79 Å².